The molecule has 0 aliphatic carbocycles. The van der Waals surface area contributed by atoms with Crippen LogP contribution in [0.15, 0.2) is 48.7 Å². The first kappa shape index (κ1) is 16.3. The Balaban J connectivity index is 1.91. The maximum atomic E-state index is 12.6. The number of nitrogens with one attached hydrogen (secondary N) is 1. The molecule has 1 unspecified atom stereocenters. The van der Waals surface area contributed by atoms with Crippen molar-refractivity contribution in [3.8, 4) is 0 Å². The van der Waals surface area contributed by atoms with Gasteiger partial charge in [0.2, 0.25) is 5.91 Å². The van der Waals surface area contributed by atoms with Gasteiger partial charge < -0.3 is 9.88 Å². The van der Waals surface area contributed by atoms with Crippen molar-refractivity contribution in [3.05, 3.63) is 64.8 Å². The summed E-state index contributed by atoms with van der Waals surface area (Å²) in [7, 11) is 0. The number of aryl methyl sites for hydroxylation is 1. The normalized spacial score (nSPS) is 12.1. The van der Waals surface area contributed by atoms with Gasteiger partial charge in [0, 0.05) is 33.4 Å². The van der Waals surface area contributed by atoms with Gasteiger partial charge in [-0.3, -0.25) is 9.59 Å². The van der Waals surface area contributed by atoms with Gasteiger partial charge in [-0.25, -0.2) is 0 Å². The standard InChI is InChI=1S/C19H17ClN2O2/c1-12-7-8-15(9-17(12)20)21-19(24)13(2)22-10-14(11-23)16-5-3-4-6-18(16)22/h3-11,13H,1-2H3,(H,21,24). The van der Waals surface area contributed by atoms with Crippen LogP contribution in [0.5, 0.6) is 0 Å². The summed E-state index contributed by atoms with van der Waals surface area (Å²) in [6.07, 6.45) is 2.52. The van der Waals surface area contributed by atoms with E-state index < -0.39 is 6.04 Å². The molecule has 3 rings (SSSR count). The molecule has 0 aliphatic rings. The molecule has 1 atom stereocenters. The molecular formula is C19H17ClN2O2. The fraction of sp³-hybridized carbons (Fsp3) is 0.158. The van der Waals surface area contributed by atoms with Crippen LogP contribution < -0.4 is 5.32 Å². The molecule has 122 valence electrons. The van der Waals surface area contributed by atoms with Crippen LogP contribution in [-0.4, -0.2) is 16.8 Å². The topological polar surface area (TPSA) is 51.1 Å². The van der Waals surface area contributed by atoms with Crippen LogP contribution >= 0.6 is 11.6 Å². The predicted octanol–water partition coefficient (Wildman–Crippen LogP) is 4.62. The summed E-state index contributed by atoms with van der Waals surface area (Å²) < 4.78 is 1.81. The molecule has 1 amide bonds. The summed E-state index contributed by atoms with van der Waals surface area (Å²) in [4.78, 5) is 23.8. The molecule has 0 aliphatic heterocycles. The molecule has 1 N–H and O–H groups in total. The zero-order valence-corrected chi connectivity index (χ0v) is 14.2. The number of carbonyl (C=O) groups excluding carboxylic acids is 2. The van der Waals surface area contributed by atoms with E-state index in [0.717, 1.165) is 22.8 Å². The van der Waals surface area contributed by atoms with E-state index in [-0.39, 0.29) is 5.91 Å². The van der Waals surface area contributed by atoms with Gasteiger partial charge in [-0.05, 0) is 37.6 Å². The second-order valence-corrected chi connectivity index (χ2v) is 6.16. The zero-order valence-electron chi connectivity index (χ0n) is 13.4. The third-order valence-corrected chi connectivity index (χ3v) is 4.54. The van der Waals surface area contributed by atoms with Crippen molar-refractivity contribution in [2.75, 3.05) is 5.32 Å². The molecular weight excluding hydrogens is 324 g/mol. The van der Waals surface area contributed by atoms with Crippen LogP contribution in [0.3, 0.4) is 0 Å². The molecule has 0 spiro atoms. The summed E-state index contributed by atoms with van der Waals surface area (Å²) in [5, 5.41) is 4.31. The van der Waals surface area contributed by atoms with Gasteiger partial charge in [-0.15, -0.1) is 0 Å². The van der Waals surface area contributed by atoms with E-state index in [2.05, 4.69) is 5.32 Å². The minimum Gasteiger partial charge on any atom is -0.335 e. The number of fused-ring (bicyclic) bond motifs is 1. The van der Waals surface area contributed by atoms with Crippen molar-refractivity contribution in [1.29, 1.82) is 0 Å². The lowest BCUT2D eigenvalue weighted by Gasteiger charge is -2.16. The number of nitrogens with zero attached hydrogens (tertiary/aromatic N) is 1. The highest BCUT2D eigenvalue weighted by Gasteiger charge is 2.19. The third kappa shape index (κ3) is 2.93. The average molecular weight is 341 g/mol. The first-order chi connectivity index (χ1) is 11.5. The summed E-state index contributed by atoms with van der Waals surface area (Å²) in [5.74, 6) is -0.173. The van der Waals surface area contributed by atoms with Crippen LogP contribution in [-0.2, 0) is 4.79 Å². The van der Waals surface area contributed by atoms with Gasteiger partial charge in [0.15, 0.2) is 6.29 Å². The number of aldehydes is 1. The fourth-order valence-electron chi connectivity index (χ4n) is 2.69. The molecule has 0 fully saturated rings. The Morgan fingerprint density at radius 3 is 2.71 bits per heavy atom. The summed E-state index contributed by atoms with van der Waals surface area (Å²) >= 11 is 6.10. The highest BCUT2D eigenvalue weighted by Crippen LogP contribution is 2.25. The predicted molar refractivity (Wildman–Crippen MR) is 96.9 cm³/mol. The SMILES string of the molecule is Cc1ccc(NC(=O)C(C)n2cc(C=O)c3ccccc32)cc1Cl. The number of para-hydroxylation sites is 1. The summed E-state index contributed by atoms with van der Waals surface area (Å²) in [5.41, 5.74) is 3.03. The quantitative estimate of drug-likeness (QED) is 0.705. The number of anilines is 1. The maximum Gasteiger partial charge on any atom is 0.247 e. The van der Waals surface area contributed by atoms with Crippen LogP contribution in [0.2, 0.25) is 5.02 Å². The Kier molecular flexibility index (Phi) is 4.40. The van der Waals surface area contributed by atoms with Crippen molar-refractivity contribution >= 4 is 40.4 Å². The highest BCUT2D eigenvalue weighted by atomic mass is 35.5. The summed E-state index contributed by atoms with van der Waals surface area (Å²) in [6.45, 7) is 3.70. The monoisotopic (exact) mass is 340 g/mol. The van der Waals surface area contributed by atoms with Crippen molar-refractivity contribution < 1.29 is 9.59 Å². The first-order valence-electron chi connectivity index (χ1n) is 7.63. The summed E-state index contributed by atoms with van der Waals surface area (Å²) in [6, 6.07) is 12.5. The molecule has 2 aromatic carbocycles. The Morgan fingerprint density at radius 1 is 1.25 bits per heavy atom. The molecule has 0 saturated carbocycles. The van der Waals surface area contributed by atoms with Crippen LogP contribution in [0.25, 0.3) is 10.9 Å². The number of halogens is 1. The van der Waals surface area contributed by atoms with Gasteiger partial charge in [0.25, 0.3) is 0 Å². The molecule has 0 radical (unpaired) electrons. The first-order valence-corrected chi connectivity index (χ1v) is 8.01. The molecule has 24 heavy (non-hydrogen) atoms. The second-order valence-electron chi connectivity index (χ2n) is 5.76. The minimum atomic E-state index is -0.469. The smallest absolute Gasteiger partial charge is 0.247 e. The number of rotatable bonds is 4. The average Bonchev–Trinajstić information content (AvgIpc) is 2.96. The Labute approximate surface area is 145 Å². The van der Waals surface area contributed by atoms with E-state index in [4.69, 9.17) is 11.6 Å². The molecule has 1 aromatic heterocycles. The second kappa shape index (κ2) is 6.49. The van der Waals surface area contributed by atoms with E-state index in [1.807, 2.05) is 47.9 Å². The molecule has 0 saturated heterocycles. The van der Waals surface area contributed by atoms with Crippen molar-refractivity contribution in [2.45, 2.75) is 19.9 Å². The van der Waals surface area contributed by atoms with E-state index >= 15 is 0 Å². The van der Waals surface area contributed by atoms with Crippen LogP contribution in [0.4, 0.5) is 5.69 Å². The molecule has 0 bridgehead atoms. The van der Waals surface area contributed by atoms with Gasteiger partial charge in [-0.1, -0.05) is 35.9 Å². The molecule has 4 nitrogen and oxygen atoms in total. The highest BCUT2D eigenvalue weighted by molar-refractivity contribution is 6.31. The molecule has 5 heteroatoms. The third-order valence-electron chi connectivity index (χ3n) is 4.13. The van der Waals surface area contributed by atoms with Gasteiger partial charge >= 0.3 is 0 Å². The van der Waals surface area contributed by atoms with Crippen LogP contribution in [0, 0.1) is 6.92 Å². The number of hydrogen-bond donors (Lipinski definition) is 1. The zero-order chi connectivity index (χ0) is 17.3. The van der Waals surface area contributed by atoms with E-state index in [1.165, 1.54) is 0 Å². The largest absolute Gasteiger partial charge is 0.335 e. The van der Waals surface area contributed by atoms with Gasteiger partial charge in [-0.2, -0.15) is 0 Å². The number of hydrogen-bond acceptors (Lipinski definition) is 2. The number of amides is 1. The van der Waals surface area contributed by atoms with Crippen molar-refractivity contribution in [2.24, 2.45) is 0 Å². The minimum absolute atomic E-state index is 0.173. The maximum absolute atomic E-state index is 12.6. The number of benzene rings is 2. The van der Waals surface area contributed by atoms with Crippen molar-refractivity contribution in [3.63, 3.8) is 0 Å². The lowest BCUT2D eigenvalue weighted by atomic mass is 10.2. The Morgan fingerprint density at radius 2 is 2.00 bits per heavy atom. The Bertz CT molecular complexity index is 930. The van der Waals surface area contributed by atoms with Gasteiger partial charge in [0.1, 0.15) is 6.04 Å². The van der Waals surface area contributed by atoms with E-state index in [0.29, 0.717) is 16.3 Å². The lowest BCUT2D eigenvalue weighted by molar-refractivity contribution is -0.118. The van der Waals surface area contributed by atoms with Crippen LogP contribution in [0.1, 0.15) is 28.9 Å². The van der Waals surface area contributed by atoms with E-state index in [1.54, 1.807) is 19.2 Å². The number of aromatic nitrogens is 1. The van der Waals surface area contributed by atoms with E-state index in [9.17, 15) is 9.59 Å². The van der Waals surface area contributed by atoms with Gasteiger partial charge in [0.05, 0.1) is 0 Å². The van der Waals surface area contributed by atoms with Crippen molar-refractivity contribution in [1.82, 2.24) is 4.57 Å². The fourth-order valence-corrected chi connectivity index (χ4v) is 2.87. The number of carbonyl (C=O) groups is 2. The Hall–Kier alpha value is -2.59. The molecule has 3 aromatic rings. The lowest BCUT2D eigenvalue weighted by Crippen LogP contribution is -2.23. The molecule has 1 heterocycles.